The minimum atomic E-state index is -0.542. The van der Waals surface area contributed by atoms with Crippen molar-refractivity contribution in [1.29, 1.82) is 0 Å². The fourth-order valence-electron chi connectivity index (χ4n) is 5.27. The second-order valence-corrected chi connectivity index (χ2v) is 11.5. The molecule has 1 aliphatic carbocycles. The average molecular weight is 556 g/mol. The van der Waals surface area contributed by atoms with E-state index in [2.05, 4.69) is 19.9 Å². The van der Waals surface area contributed by atoms with Crippen molar-refractivity contribution in [3.8, 4) is 0 Å². The standard InChI is InChI=1S/C27H34ClN7O4/c1-17-20-15-29-25(28)31-23(20)35(18-7-5-6-8-18)24(36)22(17)30-21-10-9-19(16-34(21)38)32-11-13-33(14-12-32)26(37)39-27(2,3)4/h9-10,15-16,18,38H,5-8,11-14H2,1-4H3. The monoisotopic (exact) mass is 555 g/mol. The van der Waals surface area contributed by atoms with Crippen LogP contribution in [0.1, 0.15) is 58.1 Å². The van der Waals surface area contributed by atoms with Gasteiger partial charge in [-0.15, -0.1) is 0 Å². The molecule has 4 heterocycles. The molecule has 3 aromatic heterocycles. The summed E-state index contributed by atoms with van der Waals surface area (Å²) in [6, 6.07) is 3.55. The van der Waals surface area contributed by atoms with Crippen molar-refractivity contribution in [3.05, 3.63) is 51.2 Å². The molecular formula is C27H34ClN7O4. The summed E-state index contributed by atoms with van der Waals surface area (Å²) in [5, 5.41) is 11.6. The summed E-state index contributed by atoms with van der Waals surface area (Å²) in [5.74, 6) is 0. The molecule has 0 spiro atoms. The fraction of sp³-hybridized carbons (Fsp3) is 0.519. The molecule has 12 heteroatoms. The summed E-state index contributed by atoms with van der Waals surface area (Å²) < 4.78 is 8.10. The highest BCUT2D eigenvalue weighted by atomic mass is 35.5. The maximum absolute atomic E-state index is 13.7. The van der Waals surface area contributed by atoms with Crippen molar-refractivity contribution in [2.75, 3.05) is 31.1 Å². The van der Waals surface area contributed by atoms with Gasteiger partial charge in [0.2, 0.25) is 5.28 Å². The Hall–Kier alpha value is -3.60. The molecule has 208 valence electrons. The number of aryl methyl sites for hydroxylation is 1. The Balaban J connectivity index is 1.45. The molecule has 0 atom stereocenters. The van der Waals surface area contributed by atoms with Crippen LogP contribution in [0.15, 0.2) is 34.3 Å². The first-order chi connectivity index (χ1) is 18.5. The van der Waals surface area contributed by atoms with Gasteiger partial charge in [0, 0.05) is 43.8 Å². The van der Waals surface area contributed by atoms with E-state index in [-0.39, 0.29) is 34.2 Å². The van der Waals surface area contributed by atoms with Gasteiger partial charge in [-0.1, -0.05) is 12.8 Å². The first kappa shape index (κ1) is 27.0. The summed E-state index contributed by atoms with van der Waals surface area (Å²) in [6.45, 7) is 9.55. The summed E-state index contributed by atoms with van der Waals surface area (Å²) in [7, 11) is 0. The Morgan fingerprint density at radius 2 is 1.85 bits per heavy atom. The Kier molecular flexibility index (Phi) is 7.28. The Morgan fingerprint density at radius 1 is 1.15 bits per heavy atom. The molecule has 0 unspecified atom stereocenters. The van der Waals surface area contributed by atoms with E-state index in [1.54, 1.807) is 34.9 Å². The van der Waals surface area contributed by atoms with Crippen LogP contribution in [0.5, 0.6) is 0 Å². The number of nitrogens with zero attached hydrogens (tertiary/aromatic N) is 7. The van der Waals surface area contributed by atoms with Gasteiger partial charge in [0.05, 0.1) is 11.9 Å². The zero-order valence-corrected chi connectivity index (χ0v) is 23.5. The second-order valence-electron chi connectivity index (χ2n) is 11.1. The molecule has 1 aliphatic heterocycles. The smallest absolute Gasteiger partial charge is 0.410 e. The molecule has 2 fully saturated rings. The number of ether oxygens (including phenoxy) is 1. The predicted molar refractivity (Wildman–Crippen MR) is 148 cm³/mol. The molecule has 0 aromatic carbocycles. The van der Waals surface area contributed by atoms with Gasteiger partial charge in [0.15, 0.2) is 5.49 Å². The molecule has 11 nitrogen and oxygen atoms in total. The van der Waals surface area contributed by atoms with Crippen LogP contribution in [-0.2, 0) is 4.74 Å². The van der Waals surface area contributed by atoms with Crippen LogP contribution in [0.3, 0.4) is 0 Å². The highest BCUT2D eigenvalue weighted by molar-refractivity contribution is 6.28. The van der Waals surface area contributed by atoms with E-state index in [0.29, 0.717) is 42.8 Å². The highest BCUT2D eigenvalue weighted by Crippen LogP contribution is 2.33. The Bertz CT molecular complexity index is 1530. The van der Waals surface area contributed by atoms with Crippen LogP contribution in [0.25, 0.3) is 11.0 Å². The summed E-state index contributed by atoms with van der Waals surface area (Å²) in [5.41, 5.74) is 1.58. The molecule has 0 radical (unpaired) electrons. The van der Waals surface area contributed by atoms with Gasteiger partial charge in [-0.05, 0) is 69.8 Å². The minimum Gasteiger partial charge on any atom is -0.444 e. The molecule has 1 saturated heterocycles. The fourth-order valence-corrected chi connectivity index (χ4v) is 5.39. The molecule has 39 heavy (non-hydrogen) atoms. The lowest BCUT2D eigenvalue weighted by Gasteiger charge is -2.36. The molecular weight excluding hydrogens is 522 g/mol. The van der Waals surface area contributed by atoms with Crippen molar-refractivity contribution in [2.24, 2.45) is 4.99 Å². The van der Waals surface area contributed by atoms with E-state index in [1.807, 2.05) is 26.8 Å². The van der Waals surface area contributed by atoms with Crippen molar-refractivity contribution >= 4 is 40.1 Å². The van der Waals surface area contributed by atoms with Crippen LogP contribution >= 0.6 is 11.6 Å². The molecule has 1 saturated carbocycles. The number of rotatable bonds is 3. The molecule has 1 amide bonds. The molecule has 3 aromatic rings. The zero-order valence-electron chi connectivity index (χ0n) is 22.7. The maximum atomic E-state index is 13.7. The van der Waals surface area contributed by atoms with E-state index >= 15 is 0 Å². The number of hydrogen-bond donors (Lipinski definition) is 1. The first-order valence-corrected chi connectivity index (χ1v) is 13.7. The lowest BCUT2D eigenvalue weighted by atomic mass is 10.1. The molecule has 5 rings (SSSR count). The number of piperazine rings is 1. The minimum absolute atomic E-state index is 0.0171. The zero-order chi connectivity index (χ0) is 27.9. The van der Waals surface area contributed by atoms with Crippen LogP contribution in [0, 0.1) is 6.92 Å². The third-order valence-electron chi connectivity index (χ3n) is 7.25. The molecule has 0 bridgehead atoms. The van der Waals surface area contributed by atoms with E-state index < -0.39 is 5.60 Å². The maximum Gasteiger partial charge on any atom is 0.410 e. The number of pyridine rings is 2. The number of carbonyl (C=O) groups excluding carboxylic acids is 1. The number of halogens is 1. The SMILES string of the molecule is Cc1c(N=c2ccc(N3CCN(C(=O)OC(C)(C)C)CC3)cn2O)c(=O)n(C2CCCC2)c2nc(Cl)ncc12. The number of amides is 1. The normalized spacial score (nSPS) is 17.3. The van der Waals surface area contributed by atoms with Crippen LogP contribution in [0.4, 0.5) is 16.2 Å². The van der Waals surface area contributed by atoms with Gasteiger partial charge in [-0.3, -0.25) is 9.36 Å². The van der Waals surface area contributed by atoms with Gasteiger partial charge in [-0.25, -0.2) is 14.8 Å². The quantitative estimate of drug-likeness (QED) is 0.380. The third-order valence-corrected chi connectivity index (χ3v) is 7.44. The van der Waals surface area contributed by atoms with E-state index in [4.69, 9.17) is 16.3 Å². The summed E-state index contributed by atoms with van der Waals surface area (Å²) >= 11 is 6.09. The largest absolute Gasteiger partial charge is 0.444 e. The van der Waals surface area contributed by atoms with Crippen LogP contribution < -0.4 is 15.9 Å². The van der Waals surface area contributed by atoms with Crippen molar-refractivity contribution in [2.45, 2.75) is 65.0 Å². The lowest BCUT2D eigenvalue weighted by Crippen LogP contribution is -2.50. The van der Waals surface area contributed by atoms with Gasteiger partial charge in [0.25, 0.3) is 5.56 Å². The van der Waals surface area contributed by atoms with Gasteiger partial charge in [0.1, 0.15) is 16.9 Å². The number of hydrogen-bond acceptors (Lipinski definition) is 8. The molecule has 1 N–H and O–H groups in total. The van der Waals surface area contributed by atoms with Gasteiger partial charge in [-0.2, -0.15) is 9.71 Å². The number of carbonyl (C=O) groups is 1. The lowest BCUT2D eigenvalue weighted by molar-refractivity contribution is 0.0240. The van der Waals surface area contributed by atoms with Gasteiger partial charge < -0.3 is 19.7 Å². The first-order valence-electron chi connectivity index (χ1n) is 13.3. The summed E-state index contributed by atoms with van der Waals surface area (Å²) in [4.78, 5) is 43.0. The summed E-state index contributed by atoms with van der Waals surface area (Å²) in [6.07, 6.45) is 6.72. The topological polar surface area (TPSA) is 118 Å². The number of fused-ring (bicyclic) bond motifs is 1. The molecule has 2 aliphatic rings. The van der Waals surface area contributed by atoms with E-state index in [9.17, 15) is 14.8 Å². The van der Waals surface area contributed by atoms with Crippen molar-refractivity contribution < 1.29 is 14.7 Å². The van der Waals surface area contributed by atoms with Gasteiger partial charge >= 0.3 is 6.09 Å². The average Bonchev–Trinajstić information content (AvgIpc) is 3.41. The van der Waals surface area contributed by atoms with Crippen molar-refractivity contribution in [1.82, 2.24) is 24.2 Å². The Morgan fingerprint density at radius 3 is 2.49 bits per heavy atom. The predicted octanol–water partition coefficient (Wildman–Crippen LogP) is 4.20. The number of anilines is 1. The van der Waals surface area contributed by atoms with Crippen molar-refractivity contribution in [3.63, 3.8) is 0 Å². The highest BCUT2D eigenvalue weighted by Gasteiger charge is 2.27. The number of aromatic nitrogens is 4. The van der Waals surface area contributed by atoms with E-state index in [0.717, 1.165) is 36.1 Å². The second kappa shape index (κ2) is 10.5. The Labute approximate surface area is 231 Å². The van der Waals surface area contributed by atoms with Crippen LogP contribution in [-0.4, -0.2) is 67.2 Å². The van der Waals surface area contributed by atoms with Crippen LogP contribution in [0.2, 0.25) is 5.28 Å². The van der Waals surface area contributed by atoms with E-state index in [1.165, 1.54) is 0 Å². The third kappa shape index (κ3) is 5.59.